The number of halogens is 4. The Hall–Kier alpha value is -2.74. The predicted molar refractivity (Wildman–Crippen MR) is 104 cm³/mol. The van der Waals surface area contributed by atoms with Gasteiger partial charge in [-0.25, -0.2) is 9.37 Å². The number of alkyl halides is 3. The molecule has 1 heterocycles. The average molecular weight is 422 g/mol. The first kappa shape index (κ1) is 21.0. The van der Waals surface area contributed by atoms with Gasteiger partial charge in [-0.05, 0) is 36.8 Å². The summed E-state index contributed by atoms with van der Waals surface area (Å²) in [5, 5.41) is 2.28. The fourth-order valence-corrected chi connectivity index (χ4v) is 3.61. The van der Waals surface area contributed by atoms with Crippen LogP contribution in [0, 0.1) is 5.82 Å². The molecule has 3 rings (SSSR count). The molecule has 152 valence electrons. The summed E-state index contributed by atoms with van der Waals surface area (Å²) in [7, 11) is 1.67. The van der Waals surface area contributed by atoms with E-state index in [0.29, 0.717) is 16.3 Å². The first-order valence-corrected chi connectivity index (χ1v) is 9.66. The summed E-state index contributed by atoms with van der Waals surface area (Å²) >= 11 is 1.27. The standard InChI is InChI=1S/C21H18F4N2OS/c1-13(14-5-9-17(22)10-6-14)27(2)19(28)11-18-12-29-20(26-18)15-3-7-16(8-4-15)21(23,24)25/h3-10,12-13H,11H2,1-2H3. The van der Waals surface area contributed by atoms with Crippen LogP contribution in [0.25, 0.3) is 10.6 Å². The van der Waals surface area contributed by atoms with Gasteiger partial charge in [-0.15, -0.1) is 11.3 Å². The molecule has 3 nitrogen and oxygen atoms in total. The summed E-state index contributed by atoms with van der Waals surface area (Å²) in [6.07, 6.45) is -4.32. The largest absolute Gasteiger partial charge is 0.416 e. The molecule has 3 aromatic rings. The maximum Gasteiger partial charge on any atom is 0.416 e. The zero-order valence-corrected chi connectivity index (χ0v) is 16.5. The minimum atomic E-state index is -4.38. The van der Waals surface area contributed by atoms with Crippen LogP contribution in [0.5, 0.6) is 0 Å². The summed E-state index contributed by atoms with van der Waals surface area (Å²) < 4.78 is 51.1. The Labute approximate surface area is 169 Å². The number of thiazole rings is 1. The minimum Gasteiger partial charge on any atom is -0.339 e. The van der Waals surface area contributed by atoms with Gasteiger partial charge in [0.1, 0.15) is 10.8 Å². The van der Waals surface area contributed by atoms with Crippen LogP contribution in [0.15, 0.2) is 53.9 Å². The van der Waals surface area contributed by atoms with E-state index in [1.54, 1.807) is 29.5 Å². The molecule has 1 aromatic heterocycles. The first-order valence-electron chi connectivity index (χ1n) is 8.78. The Morgan fingerprint density at radius 1 is 1.10 bits per heavy atom. The van der Waals surface area contributed by atoms with E-state index in [1.165, 1.54) is 35.6 Å². The van der Waals surface area contributed by atoms with Crippen LogP contribution in [0.1, 0.15) is 29.8 Å². The molecule has 0 radical (unpaired) electrons. The second-order valence-corrected chi connectivity index (χ2v) is 7.49. The summed E-state index contributed by atoms with van der Waals surface area (Å²) in [6.45, 7) is 1.85. The highest BCUT2D eigenvalue weighted by Crippen LogP contribution is 2.32. The van der Waals surface area contributed by atoms with Crippen molar-refractivity contribution in [3.8, 4) is 10.6 Å². The molecule has 0 fully saturated rings. The van der Waals surface area contributed by atoms with Crippen LogP contribution < -0.4 is 0 Å². The molecular weight excluding hydrogens is 404 g/mol. The molecule has 8 heteroatoms. The Kier molecular flexibility index (Phi) is 6.02. The molecule has 0 saturated heterocycles. The third-order valence-electron chi connectivity index (χ3n) is 4.67. The van der Waals surface area contributed by atoms with Gasteiger partial charge in [0.2, 0.25) is 5.91 Å². The molecule has 0 aliphatic heterocycles. The summed E-state index contributed by atoms with van der Waals surface area (Å²) in [4.78, 5) is 18.5. The molecule has 1 amide bonds. The molecule has 0 spiro atoms. The van der Waals surface area contributed by atoms with Crippen LogP contribution in [0.2, 0.25) is 0 Å². The third kappa shape index (κ3) is 5.00. The highest BCUT2D eigenvalue weighted by atomic mass is 32.1. The van der Waals surface area contributed by atoms with Crippen molar-refractivity contribution in [1.82, 2.24) is 9.88 Å². The monoisotopic (exact) mass is 422 g/mol. The van der Waals surface area contributed by atoms with E-state index in [0.717, 1.165) is 17.7 Å². The van der Waals surface area contributed by atoms with E-state index in [2.05, 4.69) is 4.98 Å². The lowest BCUT2D eigenvalue weighted by Crippen LogP contribution is -2.31. The van der Waals surface area contributed by atoms with Crippen molar-refractivity contribution >= 4 is 17.2 Å². The molecular formula is C21H18F4N2OS. The van der Waals surface area contributed by atoms with Crippen LogP contribution >= 0.6 is 11.3 Å². The molecule has 0 saturated carbocycles. The maximum absolute atomic E-state index is 13.1. The van der Waals surface area contributed by atoms with Gasteiger partial charge in [0.05, 0.1) is 23.7 Å². The lowest BCUT2D eigenvalue weighted by Gasteiger charge is -2.25. The minimum absolute atomic E-state index is 0.0686. The van der Waals surface area contributed by atoms with Crippen molar-refractivity contribution in [3.63, 3.8) is 0 Å². The Balaban J connectivity index is 1.67. The smallest absolute Gasteiger partial charge is 0.339 e. The van der Waals surface area contributed by atoms with Crippen molar-refractivity contribution in [1.29, 1.82) is 0 Å². The molecule has 0 bridgehead atoms. The van der Waals surface area contributed by atoms with E-state index in [-0.39, 0.29) is 24.2 Å². The van der Waals surface area contributed by atoms with Crippen LogP contribution in [0.4, 0.5) is 17.6 Å². The van der Waals surface area contributed by atoms with Gasteiger partial charge in [0.15, 0.2) is 0 Å². The lowest BCUT2D eigenvalue weighted by atomic mass is 10.1. The van der Waals surface area contributed by atoms with Gasteiger partial charge in [0, 0.05) is 18.0 Å². The first-order chi connectivity index (χ1) is 13.6. The van der Waals surface area contributed by atoms with Crippen LogP contribution in [-0.4, -0.2) is 22.8 Å². The Morgan fingerprint density at radius 2 is 1.72 bits per heavy atom. The fourth-order valence-electron chi connectivity index (χ4n) is 2.78. The zero-order valence-electron chi connectivity index (χ0n) is 15.7. The van der Waals surface area contributed by atoms with E-state index in [9.17, 15) is 22.4 Å². The topological polar surface area (TPSA) is 33.2 Å². The number of aromatic nitrogens is 1. The number of rotatable bonds is 5. The van der Waals surface area contributed by atoms with Gasteiger partial charge < -0.3 is 4.90 Å². The molecule has 0 N–H and O–H groups in total. The normalized spacial score (nSPS) is 12.6. The van der Waals surface area contributed by atoms with Crippen molar-refractivity contribution in [2.75, 3.05) is 7.05 Å². The highest BCUT2D eigenvalue weighted by Gasteiger charge is 2.30. The van der Waals surface area contributed by atoms with Gasteiger partial charge in [-0.2, -0.15) is 13.2 Å². The van der Waals surface area contributed by atoms with E-state index in [4.69, 9.17) is 0 Å². The number of amides is 1. The number of likely N-dealkylation sites (N-methyl/N-ethyl adjacent to an activating group) is 1. The Morgan fingerprint density at radius 3 is 2.31 bits per heavy atom. The number of hydrogen-bond donors (Lipinski definition) is 0. The molecule has 2 aromatic carbocycles. The Bertz CT molecular complexity index is 981. The van der Waals surface area contributed by atoms with Gasteiger partial charge in [-0.1, -0.05) is 24.3 Å². The highest BCUT2D eigenvalue weighted by molar-refractivity contribution is 7.13. The summed E-state index contributed by atoms with van der Waals surface area (Å²) in [5.41, 5.74) is 1.21. The second-order valence-electron chi connectivity index (χ2n) is 6.63. The molecule has 0 aliphatic carbocycles. The van der Waals surface area contributed by atoms with Crippen molar-refractivity contribution in [3.05, 3.63) is 76.5 Å². The SMILES string of the molecule is CC(c1ccc(F)cc1)N(C)C(=O)Cc1csc(-c2ccc(C(F)(F)F)cc2)n1. The van der Waals surface area contributed by atoms with Crippen molar-refractivity contribution in [2.24, 2.45) is 0 Å². The number of carbonyl (C=O) groups is 1. The molecule has 0 aliphatic rings. The van der Waals surface area contributed by atoms with E-state index < -0.39 is 11.7 Å². The maximum atomic E-state index is 13.1. The zero-order chi connectivity index (χ0) is 21.2. The second kappa shape index (κ2) is 8.32. The number of carbonyl (C=O) groups excluding carboxylic acids is 1. The lowest BCUT2D eigenvalue weighted by molar-refractivity contribution is -0.137. The quantitative estimate of drug-likeness (QED) is 0.492. The fraction of sp³-hybridized carbons (Fsp3) is 0.238. The molecule has 1 atom stereocenters. The number of hydrogen-bond acceptors (Lipinski definition) is 3. The average Bonchev–Trinajstić information content (AvgIpc) is 3.15. The van der Waals surface area contributed by atoms with Gasteiger partial charge in [0.25, 0.3) is 0 Å². The van der Waals surface area contributed by atoms with E-state index >= 15 is 0 Å². The van der Waals surface area contributed by atoms with Crippen LogP contribution in [-0.2, 0) is 17.4 Å². The summed E-state index contributed by atoms with van der Waals surface area (Å²) in [5.74, 6) is -0.501. The van der Waals surface area contributed by atoms with Crippen molar-refractivity contribution in [2.45, 2.75) is 25.6 Å². The molecule has 29 heavy (non-hydrogen) atoms. The van der Waals surface area contributed by atoms with E-state index in [1.807, 2.05) is 6.92 Å². The summed E-state index contributed by atoms with van der Waals surface area (Å²) in [6, 6.07) is 10.5. The van der Waals surface area contributed by atoms with Crippen LogP contribution in [0.3, 0.4) is 0 Å². The predicted octanol–water partition coefficient (Wildman–Crippen LogP) is 5.73. The number of benzene rings is 2. The number of nitrogens with zero attached hydrogens (tertiary/aromatic N) is 2. The van der Waals surface area contributed by atoms with Gasteiger partial charge >= 0.3 is 6.18 Å². The van der Waals surface area contributed by atoms with Gasteiger partial charge in [-0.3, -0.25) is 4.79 Å². The van der Waals surface area contributed by atoms with Crippen molar-refractivity contribution < 1.29 is 22.4 Å². The molecule has 1 unspecified atom stereocenters. The third-order valence-corrected chi connectivity index (χ3v) is 5.61.